The number of likely N-dealkylation sites (tertiary alicyclic amines) is 1. The van der Waals surface area contributed by atoms with Crippen molar-refractivity contribution in [3.63, 3.8) is 0 Å². The first-order valence-corrected chi connectivity index (χ1v) is 7.48. The van der Waals surface area contributed by atoms with Crippen molar-refractivity contribution in [3.8, 4) is 0 Å². The first kappa shape index (κ1) is 14.2. The van der Waals surface area contributed by atoms with Crippen LogP contribution in [0.4, 0.5) is 0 Å². The van der Waals surface area contributed by atoms with Crippen molar-refractivity contribution in [2.75, 3.05) is 13.1 Å². The summed E-state index contributed by atoms with van der Waals surface area (Å²) in [7, 11) is 2.01. The molecule has 1 aliphatic heterocycles. The second kappa shape index (κ2) is 5.95. The average Bonchev–Trinajstić information content (AvgIpc) is 3.10. The van der Waals surface area contributed by atoms with Gasteiger partial charge in [0, 0.05) is 26.1 Å². The minimum atomic E-state index is 0.392. The largest absolute Gasteiger partial charge is 0.324 e. The minimum Gasteiger partial charge on any atom is -0.324 e. The summed E-state index contributed by atoms with van der Waals surface area (Å²) >= 11 is 0. The zero-order valence-corrected chi connectivity index (χ0v) is 12.7. The topological polar surface area (TPSA) is 88.7 Å². The Bertz CT molecular complexity index is 581. The second-order valence-corrected chi connectivity index (χ2v) is 5.82. The molecule has 3 N–H and O–H groups in total. The quantitative estimate of drug-likeness (QED) is 0.864. The van der Waals surface area contributed by atoms with Gasteiger partial charge in [-0.3, -0.25) is 14.7 Å². The van der Waals surface area contributed by atoms with Crippen molar-refractivity contribution in [2.24, 2.45) is 12.8 Å². The predicted octanol–water partition coefficient (Wildman–Crippen LogP) is 0.685. The molecule has 1 aliphatic rings. The van der Waals surface area contributed by atoms with Crippen LogP contribution in [0, 0.1) is 6.92 Å². The fourth-order valence-corrected chi connectivity index (χ4v) is 3.01. The summed E-state index contributed by atoms with van der Waals surface area (Å²) in [4.78, 5) is 6.95. The third-order valence-corrected chi connectivity index (χ3v) is 4.26. The van der Waals surface area contributed by atoms with Gasteiger partial charge in [0.1, 0.15) is 5.82 Å². The van der Waals surface area contributed by atoms with Crippen LogP contribution in [0.1, 0.15) is 41.7 Å². The van der Waals surface area contributed by atoms with Crippen molar-refractivity contribution >= 4 is 0 Å². The maximum absolute atomic E-state index is 5.59. The number of piperidine rings is 1. The Morgan fingerprint density at radius 1 is 1.48 bits per heavy atom. The first-order chi connectivity index (χ1) is 10.2. The molecule has 1 atom stereocenters. The van der Waals surface area contributed by atoms with E-state index in [1.165, 1.54) is 17.7 Å². The highest BCUT2D eigenvalue weighted by atomic mass is 15.3. The Labute approximate surface area is 124 Å². The molecule has 2 aromatic rings. The molecule has 3 rings (SSSR count). The lowest BCUT2D eigenvalue weighted by atomic mass is 9.97. The van der Waals surface area contributed by atoms with Crippen LogP contribution in [-0.4, -0.2) is 43.0 Å². The van der Waals surface area contributed by atoms with Gasteiger partial charge in [0.2, 0.25) is 0 Å². The maximum Gasteiger partial charge on any atom is 0.155 e. The molecule has 0 bridgehead atoms. The summed E-state index contributed by atoms with van der Waals surface area (Å²) in [5.74, 6) is 2.07. The van der Waals surface area contributed by atoms with Crippen LogP contribution in [0.5, 0.6) is 0 Å². The number of hydrogen-bond donors (Lipinski definition) is 2. The van der Waals surface area contributed by atoms with Crippen molar-refractivity contribution < 1.29 is 0 Å². The Kier molecular flexibility index (Phi) is 4.03. The van der Waals surface area contributed by atoms with Crippen LogP contribution in [0.25, 0.3) is 0 Å². The summed E-state index contributed by atoms with van der Waals surface area (Å²) in [6, 6.07) is 0. The van der Waals surface area contributed by atoms with E-state index in [1.807, 2.05) is 17.9 Å². The van der Waals surface area contributed by atoms with Gasteiger partial charge in [0.05, 0.1) is 18.4 Å². The van der Waals surface area contributed by atoms with E-state index >= 15 is 0 Å². The van der Waals surface area contributed by atoms with Crippen LogP contribution in [0.3, 0.4) is 0 Å². The van der Waals surface area contributed by atoms with Crippen LogP contribution in [0.15, 0.2) is 6.20 Å². The van der Waals surface area contributed by atoms with Crippen molar-refractivity contribution in [1.82, 2.24) is 29.9 Å². The normalized spacial score (nSPS) is 20.0. The van der Waals surface area contributed by atoms with Gasteiger partial charge in [0.25, 0.3) is 0 Å². The number of rotatable bonds is 4. The number of aryl methyl sites for hydroxylation is 2. The van der Waals surface area contributed by atoms with E-state index < -0.39 is 0 Å². The van der Waals surface area contributed by atoms with Crippen molar-refractivity contribution in [2.45, 2.75) is 38.8 Å². The lowest BCUT2D eigenvalue weighted by Crippen LogP contribution is -2.35. The van der Waals surface area contributed by atoms with Gasteiger partial charge in [-0.25, -0.2) is 4.98 Å². The van der Waals surface area contributed by atoms with Crippen LogP contribution in [-0.2, 0) is 20.1 Å². The molecular weight excluding hydrogens is 266 g/mol. The Morgan fingerprint density at radius 3 is 3.00 bits per heavy atom. The predicted molar refractivity (Wildman–Crippen MR) is 79.5 cm³/mol. The molecule has 7 nitrogen and oxygen atoms in total. The number of aromatic amines is 1. The van der Waals surface area contributed by atoms with E-state index in [2.05, 4.69) is 32.1 Å². The van der Waals surface area contributed by atoms with E-state index in [0.29, 0.717) is 12.5 Å². The SMILES string of the molecule is Cc1cnn(C)c1CN1CCCC(c2n[nH]c(CN)n2)C1. The summed E-state index contributed by atoms with van der Waals surface area (Å²) in [6.45, 7) is 5.58. The van der Waals surface area contributed by atoms with E-state index in [9.17, 15) is 0 Å². The molecule has 1 fully saturated rings. The van der Waals surface area contributed by atoms with E-state index in [-0.39, 0.29) is 0 Å². The van der Waals surface area contributed by atoms with Gasteiger partial charge in [-0.05, 0) is 31.9 Å². The molecule has 1 saturated heterocycles. The maximum atomic E-state index is 5.59. The molecule has 2 aromatic heterocycles. The summed E-state index contributed by atoms with van der Waals surface area (Å²) in [5, 5.41) is 11.5. The molecule has 0 amide bonds. The van der Waals surface area contributed by atoms with Crippen molar-refractivity contribution in [1.29, 1.82) is 0 Å². The molecule has 0 radical (unpaired) electrons. The molecule has 114 valence electrons. The molecular formula is C14H23N7. The van der Waals surface area contributed by atoms with Crippen molar-refractivity contribution in [3.05, 3.63) is 29.1 Å². The van der Waals surface area contributed by atoms with Gasteiger partial charge < -0.3 is 5.73 Å². The average molecular weight is 289 g/mol. The number of nitrogens with zero attached hydrogens (tertiary/aromatic N) is 5. The fourth-order valence-electron chi connectivity index (χ4n) is 3.01. The zero-order chi connectivity index (χ0) is 14.8. The van der Waals surface area contributed by atoms with Gasteiger partial charge in [-0.15, -0.1) is 0 Å². The highest BCUT2D eigenvalue weighted by molar-refractivity contribution is 5.15. The summed E-state index contributed by atoms with van der Waals surface area (Å²) < 4.78 is 1.97. The Hall–Kier alpha value is -1.73. The second-order valence-electron chi connectivity index (χ2n) is 5.82. The standard InChI is InChI=1S/C14H23N7/c1-10-7-16-20(2)12(10)9-21-5-3-4-11(8-21)14-17-13(6-15)18-19-14/h7,11H,3-6,8-9,15H2,1-2H3,(H,17,18,19). The van der Waals surface area contributed by atoms with Gasteiger partial charge in [-0.1, -0.05) is 0 Å². The fraction of sp³-hybridized carbons (Fsp3) is 0.643. The van der Waals surface area contributed by atoms with Crippen LogP contribution < -0.4 is 5.73 Å². The molecule has 0 spiro atoms. The smallest absolute Gasteiger partial charge is 0.155 e. The van der Waals surface area contributed by atoms with Crippen LogP contribution >= 0.6 is 0 Å². The lowest BCUT2D eigenvalue weighted by molar-refractivity contribution is 0.192. The summed E-state index contributed by atoms with van der Waals surface area (Å²) in [6.07, 6.45) is 4.25. The number of aromatic nitrogens is 5. The zero-order valence-electron chi connectivity index (χ0n) is 12.7. The molecule has 0 aliphatic carbocycles. The Morgan fingerprint density at radius 2 is 2.33 bits per heavy atom. The van der Waals surface area contributed by atoms with E-state index in [0.717, 1.165) is 37.7 Å². The third-order valence-electron chi connectivity index (χ3n) is 4.26. The number of nitrogens with two attached hydrogens (primary N) is 1. The summed E-state index contributed by atoms with van der Waals surface area (Å²) in [5.41, 5.74) is 8.13. The van der Waals surface area contributed by atoms with Crippen LogP contribution in [0.2, 0.25) is 0 Å². The highest BCUT2D eigenvalue weighted by Crippen LogP contribution is 2.25. The van der Waals surface area contributed by atoms with E-state index in [1.54, 1.807) is 0 Å². The Balaban J connectivity index is 1.68. The molecule has 7 heteroatoms. The van der Waals surface area contributed by atoms with Gasteiger partial charge >= 0.3 is 0 Å². The highest BCUT2D eigenvalue weighted by Gasteiger charge is 2.25. The first-order valence-electron chi connectivity index (χ1n) is 7.48. The van der Waals surface area contributed by atoms with E-state index in [4.69, 9.17) is 5.73 Å². The number of nitrogens with one attached hydrogen (secondary N) is 1. The minimum absolute atomic E-state index is 0.392. The molecule has 3 heterocycles. The monoisotopic (exact) mass is 289 g/mol. The molecule has 0 saturated carbocycles. The molecule has 1 unspecified atom stereocenters. The molecule has 21 heavy (non-hydrogen) atoms. The van der Waals surface area contributed by atoms with Gasteiger partial charge in [-0.2, -0.15) is 10.2 Å². The third kappa shape index (κ3) is 2.98. The van der Waals surface area contributed by atoms with Gasteiger partial charge in [0.15, 0.2) is 5.82 Å². The lowest BCUT2D eigenvalue weighted by Gasteiger charge is -2.31. The number of H-pyrrole nitrogens is 1. The number of hydrogen-bond acceptors (Lipinski definition) is 5. The molecule has 0 aromatic carbocycles.